The lowest BCUT2D eigenvalue weighted by Crippen LogP contribution is -2.45. The molecule has 0 saturated heterocycles. The minimum absolute atomic E-state index is 0.0198. The van der Waals surface area contributed by atoms with E-state index in [0.29, 0.717) is 25.9 Å². The van der Waals surface area contributed by atoms with Crippen LogP contribution in [0.3, 0.4) is 0 Å². The number of allylic oxidation sites excluding steroid dienone is 6. The fourth-order valence-corrected chi connectivity index (χ4v) is 14.7. The van der Waals surface area contributed by atoms with Crippen molar-refractivity contribution in [1.82, 2.24) is 5.32 Å². The number of ether oxygens (including phenoxy) is 1. The number of aliphatic hydroxyl groups is 2. The number of amides is 1. The fourth-order valence-electron chi connectivity index (χ4n) is 14.7. The molecule has 0 saturated carbocycles. The topological polar surface area (TPSA) is 95.9 Å². The third-order valence-electron chi connectivity index (χ3n) is 21.7. The molecule has 0 aliphatic heterocycles. The van der Waals surface area contributed by atoms with Crippen molar-refractivity contribution in [3.63, 3.8) is 0 Å². The molecule has 0 aromatic heterocycles. The average molecular weight is 1390 g/mol. The second-order valence-corrected chi connectivity index (χ2v) is 31.6. The Morgan fingerprint density at radius 2 is 0.505 bits per heavy atom. The zero-order valence-electron chi connectivity index (χ0n) is 67.5. The first-order valence-electron chi connectivity index (χ1n) is 45.7. The number of nitrogens with one attached hydrogen (secondary N) is 1. The highest BCUT2D eigenvalue weighted by atomic mass is 16.5. The zero-order chi connectivity index (χ0) is 71.2. The molecule has 6 heteroatoms. The van der Waals surface area contributed by atoms with Gasteiger partial charge in [0, 0.05) is 12.8 Å². The number of carbonyl (C=O) groups excluding carboxylic acids is 2. The molecule has 3 N–H and O–H groups in total. The predicted molar refractivity (Wildman–Crippen MR) is 439 cm³/mol. The van der Waals surface area contributed by atoms with E-state index in [4.69, 9.17) is 4.74 Å². The van der Waals surface area contributed by atoms with Gasteiger partial charge >= 0.3 is 5.97 Å². The van der Waals surface area contributed by atoms with Crippen LogP contribution in [0.5, 0.6) is 0 Å². The van der Waals surface area contributed by atoms with E-state index in [1.54, 1.807) is 0 Å². The molecule has 586 valence electrons. The summed E-state index contributed by atoms with van der Waals surface area (Å²) < 4.78 is 5.52. The third-order valence-corrected chi connectivity index (χ3v) is 21.7. The Balaban J connectivity index is 3.32. The number of rotatable bonds is 87. The maximum atomic E-state index is 12.6. The monoisotopic (exact) mass is 1390 g/mol. The van der Waals surface area contributed by atoms with Gasteiger partial charge in [0.15, 0.2) is 0 Å². The fraction of sp³-hybridized carbons (Fsp3) is 0.914. The van der Waals surface area contributed by atoms with Crippen LogP contribution in [0.2, 0.25) is 0 Å². The molecule has 1 amide bonds. The summed E-state index contributed by atoms with van der Waals surface area (Å²) in [5.74, 6) is -0.00449. The predicted octanol–water partition coefficient (Wildman–Crippen LogP) is 30.9. The number of hydrogen-bond acceptors (Lipinski definition) is 5. The normalized spacial score (nSPS) is 12.6. The van der Waals surface area contributed by atoms with Crippen molar-refractivity contribution >= 4 is 11.9 Å². The van der Waals surface area contributed by atoms with Crippen LogP contribution in [0.4, 0.5) is 0 Å². The van der Waals surface area contributed by atoms with Crippen LogP contribution in [-0.4, -0.2) is 47.4 Å². The lowest BCUT2D eigenvalue weighted by Gasteiger charge is -2.22. The van der Waals surface area contributed by atoms with Crippen molar-refractivity contribution in [2.45, 2.75) is 533 Å². The average Bonchev–Trinajstić information content (AvgIpc) is 2.01. The van der Waals surface area contributed by atoms with Crippen molar-refractivity contribution in [2.75, 3.05) is 13.2 Å². The number of carbonyl (C=O) groups is 2. The number of hydrogen-bond donors (Lipinski definition) is 3. The van der Waals surface area contributed by atoms with Crippen LogP contribution in [0.1, 0.15) is 521 Å². The van der Waals surface area contributed by atoms with Crippen molar-refractivity contribution < 1.29 is 24.5 Å². The van der Waals surface area contributed by atoms with Gasteiger partial charge in [0.25, 0.3) is 0 Å². The molecule has 0 aromatic carbocycles. The number of unbranched alkanes of at least 4 members (excludes halogenated alkanes) is 70. The van der Waals surface area contributed by atoms with E-state index in [-0.39, 0.29) is 18.5 Å². The lowest BCUT2D eigenvalue weighted by atomic mass is 10.0. The highest BCUT2D eigenvalue weighted by molar-refractivity contribution is 5.76. The summed E-state index contributed by atoms with van der Waals surface area (Å²) in [5.41, 5.74) is 0. The molecule has 0 fully saturated rings. The Morgan fingerprint density at radius 1 is 0.283 bits per heavy atom. The minimum atomic E-state index is -0.663. The van der Waals surface area contributed by atoms with Gasteiger partial charge in [0.05, 0.1) is 25.4 Å². The Morgan fingerprint density at radius 3 is 0.798 bits per heavy atom. The molecule has 2 atom stereocenters. The Labute approximate surface area is 621 Å². The smallest absolute Gasteiger partial charge is 0.305 e. The van der Waals surface area contributed by atoms with Crippen LogP contribution >= 0.6 is 0 Å². The minimum Gasteiger partial charge on any atom is -0.466 e. The summed E-state index contributed by atoms with van der Waals surface area (Å²) in [7, 11) is 0. The standard InChI is InChI=1S/C93H179NO5/c1-3-5-7-9-11-13-15-17-19-21-23-24-25-43-46-50-53-57-61-65-69-73-77-81-85-91(96)90(89-95)94-92(97)86-82-78-74-70-66-62-58-54-51-47-44-41-39-37-35-33-31-29-27-26-28-30-32-34-36-38-40-42-45-48-52-56-60-64-68-72-76-80-84-88-99-93(98)87-83-79-75-71-67-63-59-55-49-22-20-18-16-14-12-10-8-6-4-2/h12,14,18,20,26-27,90-91,95-96H,3-11,13,15-17,19,21-25,28-89H2,1-2H3,(H,94,97)/b14-12-,20-18-,27-26-. The molecular weight excluding hydrogens is 1210 g/mol. The second-order valence-electron chi connectivity index (χ2n) is 31.6. The van der Waals surface area contributed by atoms with E-state index in [1.807, 2.05) is 0 Å². The van der Waals surface area contributed by atoms with Crippen LogP contribution < -0.4 is 5.32 Å². The van der Waals surface area contributed by atoms with E-state index in [1.165, 1.54) is 443 Å². The lowest BCUT2D eigenvalue weighted by molar-refractivity contribution is -0.143. The van der Waals surface area contributed by atoms with Gasteiger partial charge in [-0.05, 0) is 83.5 Å². The molecule has 6 nitrogen and oxygen atoms in total. The van der Waals surface area contributed by atoms with E-state index >= 15 is 0 Å². The first kappa shape index (κ1) is 97.1. The highest BCUT2D eigenvalue weighted by Crippen LogP contribution is 2.21. The van der Waals surface area contributed by atoms with Gasteiger partial charge in [-0.1, -0.05) is 461 Å². The van der Waals surface area contributed by atoms with Gasteiger partial charge in [0.2, 0.25) is 5.91 Å². The Hall–Kier alpha value is -1.92. The summed E-state index contributed by atoms with van der Waals surface area (Å²) >= 11 is 0. The molecule has 0 aliphatic carbocycles. The van der Waals surface area contributed by atoms with Crippen LogP contribution in [0, 0.1) is 0 Å². The molecule has 0 aromatic rings. The van der Waals surface area contributed by atoms with E-state index in [2.05, 4.69) is 55.6 Å². The SMILES string of the molecule is CCCCC/C=C\C/C=C\CCCCCCCCCCCC(=O)OCCCCCCCCCCCCCCCCCCCC/C=C\CCCCCCCCCCCCCCCCCCCC(=O)NC(CO)C(O)CCCCCCCCCCCCCCCCCCCCCCCCCC. The molecule has 0 radical (unpaired) electrons. The van der Waals surface area contributed by atoms with Gasteiger partial charge in [-0.15, -0.1) is 0 Å². The first-order valence-corrected chi connectivity index (χ1v) is 45.7. The summed E-state index contributed by atoms with van der Waals surface area (Å²) in [6.07, 6.45) is 117. The molecular formula is C93H179NO5. The molecule has 0 aliphatic rings. The van der Waals surface area contributed by atoms with Crippen molar-refractivity contribution in [3.8, 4) is 0 Å². The van der Waals surface area contributed by atoms with E-state index < -0.39 is 12.1 Å². The molecule has 0 heterocycles. The largest absolute Gasteiger partial charge is 0.466 e. The summed E-state index contributed by atoms with van der Waals surface area (Å²) in [4.78, 5) is 24.7. The molecule has 0 rings (SSSR count). The molecule has 0 bridgehead atoms. The first-order chi connectivity index (χ1) is 49.0. The highest BCUT2D eigenvalue weighted by Gasteiger charge is 2.20. The summed E-state index contributed by atoms with van der Waals surface area (Å²) in [5, 5.41) is 23.5. The molecule has 0 spiro atoms. The zero-order valence-corrected chi connectivity index (χ0v) is 67.5. The van der Waals surface area contributed by atoms with Crippen LogP contribution in [0.15, 0.2) is 36.5 Å². The van der Waals surface area contributed by atoms with Gasteiger partial charge in [-0.25, -0.2) is 0 Å². The summed E-state index contributed by atoms with van der Waals surface area (Å²) in [6, 6.07) is -0.540. The van der Waals surface area contributed by atoms with Gasteiger partial charge in [-0.2, -0.15) is 0 Å². The van der Waals surface area contributed by atoms with Crippen molar-refractivity contribution in [1.29, 1.82) is 0 Å². The van der Waals surface area contributed by atoms with Crippen LogP contribution in [0.25, 0.3) is 0 Å². The maximum Gasteiger partial charge on any atom is 0.305 e. The second kappa shape index (κ2) is 88.5. The van der Waals surface area contributed by atoms with Crippen molar-refractivity contribution in [3.05, 3.63) is 36.5 Å². The van der Waals surface area contributed by atoms with Gasteiger partial charge in [-0.3, -0.25) is 9.59 Å². The number of esters is 1. The van der Waals surface area contributed by atoms with E-state index in [9.17, 15) is 19.8 Å². The molecule has 99 heavy (non-hydrogen) atoms. The summed E-state index contributed by atoms with van der Waals surface area (Å²) in [6.45, 7) is 4.99. The van der Waals surface area contributed by atoms with Gasteiger partial charge < -0.3 is 20.3 Å². The molecule has 2 unspecified atom stereocenters. The maximum absolute atomic E-state index is 12.6. The van der Waals surface area contributed by atoms with E-state index in [0.717, 1.165) is 44.9 Å². The van der Waals surface area contributed by atoms with Gasteiger partial charge in [0.1, 0.15) is 0 Å². The number of aliphatic hydroxyl groups excluding tert-OH is 2. The van der Waals surface area contributed by atoms with Crippen molar-refractivity contribution in [2.24, 2.45) is 0 Å². The quantitative estimate of drug-likeness (QED) is 0.0320. The third kappa shape index (κ3) is 84.9. The van der Waals surface area contributed by atoms with Crippen LogP contribution in [-0.2, 0) is 14.3 Å². The Bertz CT molecular complexity index is 1610. The Kier molecular flexibility index (Phi) is 86.8.